The zero-order valence-corrected chi connectivity index (χ0v) is 18.5. The van der Waals surface area contributed by atoms with Crippen LogP contribution in [-0.2, 0) is 20.7 Å². The van der Waals surface area contributed by atoms with Crippen molar-refractivity contribution in [2.24, 2.45) is 0 Å². The molecule has 11 heteroatoms. The number of carbonyl (C=O) groups excluding carboxylic acids is 2. The van der Waals surface area contributed by atoms with Gasteiger partial charge in [0.2, 0.25) is 0 Å². The Labute approximate surface area is 182 Å². The van der Waals surface area contributed by atoms with Crippen LogP contribution in [-0.4, -0.2) is 39.1 Å². The smallest absolute Gasteiger partial charge is 0.306 e. The van der Waals surface area contributed by atoms with Crippen LogP contribution in [0.4, 0.5) is 11.4 Å². The normalized spacial score (nSPS) is 11.6. The van der Waals surface area contributed by atoms with E-state index in [1.165, 1.54) is 30.8 Å². The molecule has 30 heavy (non-hydrogen) atoms. The number of rotatable bonds is 8. The van der Waals surface area contributed by atoms with E-state index in [2.05, 4.69) is 15.3 Å². The number of benzene rings is 1. The van der Waals surface area contributed by atoms with Gasteiger partial charge >= 0.3 is 5.97 Å². The van der Waals surface area contributed by atoms with Gasteiger partial charge in [0, 0.05) is 29.9 Å². The quantitative estimate of drug-likeness (QED) is 0.210. The number of nitrogens with one attached hydrogen (secondary N) is 1. The highest BCUT2D eigenvalue weighted by molar-refractivity contribution is 7.98. The van der Waals surface area contributed by atoms with Crippen LogP contribution in [0.15, 0.2) is 23.4 Å². The fraction of sp³-hybridized carbons (Fsp3) is 0.368. The molecule has 9 nitrogen and oxygen atoms in total. The fourth-order valence-corrected chi connectivity index (χ4v) is 3.33. The van der Waals surface area contributed by atoms with Crippen LogP contribution in [0.5, 0.6) is 0 Å². The molecule has 0 radical (unpaired) electrons. The third-order valence-electron chi connectivity index (χ3n) is 4.26. The second-order valence-electron chi connectivity index (χ2n) is 6.40. The average Bonchev–Trinajstić information content (AvgIpc) is 2.68. The van der Waals surface area contributed by atoms with Gasteiger partial charge in [-0.15, -0.1) is 0 Å². The van der Waals surface area contributed by atoms with Crippen molar-refractivity contribution in [2.45, 2.75) is 44.9 Å². The number of non-ortho nitro benzene ring substituents is 1. The van der Waals surface area contributed by atoms with Crippen molar-refractivity contribution < 1.29 is 19.2 Å². The Morgan fingerprint density at radius 1 is 1.30 bits per heavy atom. The SMILES string of the molecule is CSc1nc(C)c(CCC(=O)OC(C)C(=O)Nc2ccc([N+](=O)[O-])cc2Cl)c(C)n1. The Morgan fingerprint density at radius 3 is 2.47 bits per heavy atom. The fourth-order valence-electron chi connectivity index (χ4n) is 2.65. The van der Waals surface area contributed by atoms with Gasteiger partial charge in [-0.05, 0) is 45.1 Å². The second kappa shape index (κ2) is 10.4. The van der Waals surface area contributed by atoms with E-state index in [9.17, 15) is 19.7 Å². The number of aryl methyl sites for hydroxylation is 2. The summed E-state index contributed by atoms with van der Waals surface area (Å²) in [7, 11) is 0. The number of hydrogen-bond acceptors (Lipinski definition) is 8. The maximum absolute atomic E-state index is 12.3. The predicted molar refractivity (Wildman–Crippen MR) is 114 cm³/mol. The van der Waals surface area contributed by atoms with Crippen LogP contribution < -0.4 is 5.32 Å². The molecule has 1 amide bonds. The number of carbonyl (C=O) groups is 2. The van der Waals surface area contributed by atoms with Gasteiger partial charge < -0.3 is 10.1 Å². The first kappa shape index (κ1) is 23.6. The summed E-state index contributed by atoms with van der Waals surface area (Å²) in [5.74, 6) is -1.14. The maximum Gasteiger partial charge on any atom is 0.306 e. The van der Waals surface area contributed by atoms with Crippen LogP contribution >= 0.6 is 23.4 Å². The number of hydrogen-bond donors (Lipinski definition) is 1. The summed E-state index contributed by atoms with van der Waals surface area (Å²) in [4.78, 5) is 43.3. The molecule has 1 unspecified atom stereocenters. The van der Waals surface area contributed by atoms with Crippen molar-refractivity contribution in [3.05, 3.63) is 50.3 Å². The molecular formula is C19H21ClN4O5S. The molecule has 1 aromatic carbocycles. The van der Waals surface area contributed by atoms with E-state index in [0.29, 0.717) is 11.6 Å². The predicted octanol–water partition coefficient (Wildman–Crippen LogP) is 3.88. The third-order valence-corrected chi connectivity index (χ3v) is 5.12. The van der Waals surface area contributed by atoms with Crippen molar-refractivity contribution in [3.8, 4) is 0 Å². The van der Waals surface area contributed by atoms with Gasteiger partial charge in [-0.25, -0.2) is 9.97 Å². The number of nitrogens with zero attached hydrogens (tertiary/aromatic N) is 3. The Balaban J connectivity index is 1.93. The molecule has 1 atom stereocenters. The number of amides is 1. The molecule has 1 heterocycles. The van der Waals surface area contributed by atoms with E-state index in [0.717, 1.165) is 23.0 Å². The first-order chi connectivity index (χ1) is 14.1. The molecule has 0 bridgehead atoms. The zero-order chi connectivity index (χ0) is 22.4. The number of esters is 1. The van der Waals surface area contributed by atoms with E-state index in [-0.39, 0.29) is 22.8 Å². The van der Waals surface area contributed by atoms with E-state index in [4.69, 9.17) is 16.3 Å². The number of nitro benzene ring substituents is 1. The molecule has 0 aliphatic carbocycles. The molecule has 160 valence electrons. The molecular weight excluding hydrogens is 432 g/mol. The Hall–Kier alpha value is -2.72. The van der Waals surface area contributed by atoms with E-state index < -0.39 is 22.9 Å². The van der Waals surface area contributed by atoms with Gasteiger partial charge in [0.1, 0.15) is 0 Å². The summed E-state index contributed by atoms with van der Waals surface area (Å²) >= 11 is 7.40. The van der Waals surface area contributed by atoms with Crippen molar-refractivity contribution in [3.63, 3.8) is 0 Å². The van der Waals surface area contributed by atoms with Gasteiger partial charge in [-0.2, -0.15) is 0 Å². The minimum Gasteiger partial charge on any atom is -0.453 e. The van der Waals surface area contributed by atoms with Crippen LogP contribution in [0, 0.1) is 24.0 Å². The lowest BCUT2D eigenvalue weighted by atomic mass is 10.1. The van der Waals surface area contributed by atoms with Crippen LogP contribution in [0.1, 0.15) is 30.3 Å². The van der Waals surface area contributed by atoms with Gasteiger partial charge in [-0.1, -0.05) is 23.4 Å². The summed E-state index contributed by atoms with van der Waals surface area (Å²) < 4.78 is 5.19. The highest BCUT2D eigenvalue weighted by Crippen LogP contribution is 2.27. The van der Waals surface area contributed by atoms with E-state index in [1.54, 1.807) is 0 Å². The maximum atomic E-state index is 12.3. The van der Waals surface area contributed by atoms with Gasteiger partial charge in [0.25, 0.3) is 11.6 Å². The van der Waals surface area contributed by atoms with Gasteiger partial charge in [-0.3, -0.25) is 19.7 Å². The lowest BCUT2D eigenvalue weighted by molar-refractivity contribution is -0.384. The van der Waals surface area contributed by atoms with Crippen molar-refractivity contribution in [1.82, 2.24) is 9.97 Å². The summed E-state index contributed by atoms with van der Waals surface area (Å²) in [6.07, 6.45) is 1.29. The zero-order valence-electron chi connectivity index (χ0n) is 16.9. The number of thioether (sulfide) groups is 1. The number of nitro groups is 1. The summed E-state index contributed by atoms with van der Waals surface area (Å²) in [6.45, 7) is 5.15. The lowest BCUT2D eigenvalue weighted by Crippen LogP contribution is -2.30. The molecule has 1 N–H and O–H groups in total. The number of ether oxygens (including phenoxy) is 1. The minimum absolute atomic E-state index is 0.00992. The first-order valence-corrected chi connectivity index (χ1v) is 10.5. The highest BCUT2D eigenvalue weighted by Gasteiger charge is 2.20. The summed E-state index contributed by atoms with van der Waals surface area (Å²) in [6, 6.07) is 3.66. The molecule has 0 saturated heterocycles. The van der Waals surface area contributed by atoms with Crippen LogP contribution in [0.2, 0.25) is 5.02 Å². The Kier molecular flexibility index (Phi) is 8.13. The monoisotopic (exact) mass is 452 g/mol. The number of aromatic nitrogens is 2. The molecule has 0 spiro atoms. The molecule has 0 aliphatic heterocycles. The summed E-state index contributed by atoms with van der Waals surface area (Å²) in [5.41, 5.74) is 2.47. The van der Waals surface area contributed by atoms with Crippen molar-refractivity contribution in [2.75, 3.05) is 11.6 Å². The van der Waals surface area contributed by atoms with Crippen molar-refractivity contribution in [1.29, 1.82) is 0 Å². The van der Waals surface area contributed by atoms with Crippen LogP contribution in [0.25, 0.3) is 0 Å². The average molecular weight is 453 g/mol. The Bertz CT molecular complexity index is 962. The lowest BCUT2D eigenvalue weighted by Gasteiger charge is -2.15. The molecule has 0 fully saturated rings. The molecule has 2 rings (SSSR count). The standard InChI is InChI=1S/C19H21ClN4O5S/c1-10-14(11(2)22-19(21-10)30-4)6-8-17(25)29-12(3)18(26)23-16-7-5-13(24(27)28)9-15(16)20/h5,7,9,12H,6,8H2,1-4H3,(H,23,26). The van der Waals surface area contributed by atoms with Gasteiger partial charge in [0.15, 0.2) is 11.3 Å². The number of anilines is 1. The molecule has 0 aliphatic rings. The Morgan fingerprint density at radius 2 is 1.93 bits per heavy atom. The van der Waals surface area contributed by atoms with Gasteiger partial charge in [0.05, 0.1) is 15.6 Å². The van der Waals surface area contributed by atoms with Crippen LogP contribution in [0.3, 0.4) is 0 Å². The first-order valence-electron chi connectivity index (χ1n) is 8.94. The second-order valence-corrected chi connectivity index (χ2v) is 7.58. The summed E-state index contributed by atoms with van der Waals surface area (Å²) in [5, 5.41) is 13.9. The number of halogens is 1. The highest BCUT2D eigenvalue weighted by atomic mass is 35.5. The van der Waals surface area contributed by atoms with E-state index >= 15 is 0 Å². The molecule has 0 saturated carbocycles. The topological polar surface area (TPSA) is 124 Å². The van der Waals surface area contributed by atoms with E-state index in [1.807, 2.05) is 20.1 Å². The largest absolute Gasteiger partial charge is 0.453 e. The van der Waals surface area contributed by atoms with Crippen molar-refractivity contribution >= 4 is 46.6 Å². The molecule has 2 aromatic rings. The minimum atomic E-state index is -1.07. The third kappa shape index (κ3) is 6.14. The molecule has 1 aromatic heterocycles.